The van der Waals surface area contributed by atoms with E-state index < -0.39 is 0 Å². The van der Waals surface area contributed by atoms with Crippen molar-refractivity contribution in [3.63, 3.8) is 0 Å². The largest absolute Gasteiger partial charge is 0.399 e. The lowest BCUT2D eigenvalue weighted by Gasteiger charge is -2.22. The molecule has 0 bridgehead atoms. The Balaban J connectivity index is 2.22. The summed E-state index contributed by atoms with van der Waals surface area (Å²) in [5, 5.41) is 1.84. The van der Waals surface area contributed by atoms with Gasteiger partial charge < -0.3 is 10.7 Å². The summed E-state index contributed by atoms with van der Waals surface area (Å²) in [6, 6.07) is 6.17. The van der Waals surface area contributed by atoms with Crippen LogP contribution in [0.2, 0.25) is 0 Å². The summed E-state index contributed by atoms with van der Waals surface area (Å²) in [6.45, 7) is 0. The minimum atomic E-state index is 0.284. The second-order valence-corrected chi connectivity index (χ2v) is 3.99. The summed E-state index contributed by atoms with van der Waals surface area (Å²) >= 11 is 0. The van der Waals surface area contributed by atoms with Gasteiger partial charge in [-0.2, -0.15) is 0 Å². The zero-order valence-electron chi connectivity index (χ0n) is 8.35. The number of rotatable bonds is 0. The van der Waals surface area contributed by atoms with Crippen molar-refractivity contribution in [1.29, 1.82) is 0 Å². The molecule has 3 nitrogen and oxygen atoms in total. The van der Waals surface area contributed by atoms with E-state index in [1.807, 2.05) is 23.2 Å². The smallest absolute Gasteiger partial charge is 0.0743 e. The lowest BCUT2D eigenvalue weighted by Crippen LogP contribution is -2.37. The fourth-order valence-electron chi connectivity index (χ4n) is 2.33. The van der Waals surface area contributed by atoms with Gasteiger partial charge in [0.25, 0.3) is 0 Å². The van der Waals surface area contributed by atoms with E-state index in [0.717, 1.165) is 17.8 Å². The van der Waals surface area contributed by atoms with E-state index in [2.05, 4.69) is 18.2 Å². The number of hydrogen-bond donors (Lipinski definition) is 2. The molecule has 0 amide bonds. The van der Waals surface area contributed by atoms with Crippen molar-refractivity contribution in [2.75, 3.05) is 10.7 Å². The molecule has 0 saturated heterocycles. The van der Waals surface area contributed by atoms with Crippen molar-refractivity contribution in [3.8, 4) is 0 Å². The molecule has 1 aromatic rings. The molecule has 1 aromatic carbocycles. The van der Waals surface area contributed by atoms with E-state index in [0.29, 0.717) is 0 Å². The molecule has 0 aromatic heterocycles. The normalized spacial score (nSPS) is 22.3. The predicted octanol–water partition coefficient (Wildman–Crippen LogP) is 1.67. The zero-order chi connectivity index (χ0) is 10.4. The highest BCUT2D eigenvalue weighted by molar-refractivity contribution is 5.90. The van der Waals surface area contributed by atoms with Gasteiger partial charge in [0.2, 0.25) is 0 Å². The van der Waals surface area contributed by atoms with Gasteiger partial charge in [0.15, 0.2) is 0 Å². The fourth-order valence-corrected chi connectivity index (χ4v) is 2.33. The quantitative estimate of drug-likeness (QED) is 0.493. The first kappa shape index (κ1) is 8.56. The van der Waals surface area contributed by atoms with Crippen LogP contribution in [0.15, 0.2) is 36.4 Å². The molecule has 2 aliphatic rings. The van der Waals surface area contributed by atoms with Crippen molar-refractivity contribution in [2.24, 2.45) is 5.84 Å². The molecule has 0 radical (unpaired) electrons. The molecule has 4 N–H and O–H groups in total. The third-order valence-electron chi connectivity index (χ3n) is 3.08. The van der Waals surface area contributed by atoms with E-state index in [-0.39, 0.29) is 6.04 Å². The van der Waals surface area contributed by atoms with Crippen molar-refractivity contribution in [1.82, 2.24) is 0 Å². The summed E-state index contributed by atoms with van der Waals surface area (Å²) in [5.41, 5.74) is 10.1. The molecule has 1 heterocycles. The predicted molar refractivity (Wildman–Crippen MR) is 63.0 cm³/mol. The minimum Gasteiger partial charge on any atom is -0.399 e. The Kier molecular flexibility index (Phi) is 1.64. The standard InChI is InChI=1S/C12H13N3/c13-8-5-6-12-10(7-8)9-3-1-2-4-11(9)15(12)14/h1-3,5-7,11H,4,13-14H2. The van der Waals surface area contributed by atoms with Crippen LogP contribution in [-0.2, 0) is 0 Å². The Morgan fingerprint density at radius 2 is 2.20 bits per heavy atom. The number of hydrazine groups is 1. The lowest BCUT2D eigenvalue weighted by atomic mass is 9.96. The van der Waals surface area contributed by atoms with Crippen LogP contribution in [0.5, 0.6) is 0 Å². The van der Waals surface area contributed by atoms with Crippen LogP contribution in [0.4, 0.5) is 11.4 Å². The van der Waals surface area contributed by atoms with Crippen LogP contribution in [0, 0.1) is 0 Å². The molecule has 0 fully saturated rings. The van der Waals surface area contributed by atoms with E-state index in [1.54, 1.807) is 0 Å². The van der Waals surface area contributed by atoms with Gasteiger partial charge in [-0.3, -0.25) is 0 Å². The molecule has 1 unspecified atom stereocenters. The molecule has 0 saturated carbocycles. The van der Waals surface area contributed by atoms with Gasteiger partial charge >= 0.3 is 0 Å². The zero-order valence-corrected chi connectivity index (χ0v) is 8.35. The van der Waals surface area contributed by atoms with Crippen LogP contribution >= 0.6 is 0 Å². The van der Waals surface area contributed by atoms with Crippen molar-refractivity contribution < 1.29 is 0 Å². The van der Waals surface area contributed by atoms with Gasteiger partial charge in [0.1, 0.15) is 0 Å². The molecule has 3 heteroatoms. The van der Waals surface area contributed by atoms with Gasteiger partial charge in [-0.15, -0.1) is 0 Å². The number of nitrogens with two attached hydrogens (primary N) is 2. The molecular formula is C12H13N3. The first-order valence-electron chi connectivity index (χ1n) is 5.08. The molecule has 1 atom stereocenters. The summed E-state index contributed by atoms with van der Waals surface area (Å²) < 4.78 is 0. The van der Waals surface area contributed by atoms with Gasteiger partial charge in [0.05, 0.1) is 11.7 Å². The SMILES string of the molecule is Nc1ccc2c(c1)C1=CC=CCC1N2N. The van der Waals surface area contributed by atoms with Crippen LogP contribution in [0.3, 0.4) is 0 Å². The van der Waals surface area contributed by atoms with Crippen molar-refractivity contribution in [3.05, 3.63) is 42.0 Å². The average Bonchev–Trinajstić information content (AvgIpc) is 2.54. The van der Waals surface area contributed by atoms with Crippen LogP contribution in [0.1, 0.15) is 12.0 Å². The fraction of sp³-hybridized carbons (Fsp3) is 0.167. The highest BCUT2D eigenvalue weighted by Gasteiger charge is 2.31. The highest BCUT2D eigenvalue weighted by atomic mass is 15.4. The molecule has 15 heavy (non-hydrogen) atoms. The Hall–Kier alpha value is -1.74. The van der Waals surface area contributed by atoms with Gasteiger partial charge in [-0.05, 0) is 30.2 Å². The molecule has 1 aliphatic heterocycles. The Bertz CT molecular complexity index is 474. The van der Waals surface area contributed by atoms with Gasteiger partial charge in [-0.25, -0.2) is 5.84 Å². The summed E-state index contributed by atoms with van der Waals surface area (Å²) in [4.78, 5) is 0. The van der Waals surface area contributed by atoms with Crippen LogP contribution < -0.4 is 16.6 Å². The molecule has 1 aliphatic carbocycles. The third kappa shape index (κ3) is 1.10. The molecule has 3 rings (SSSR count). The second-order valence-electron chi connectivity index (χ2n) is 3.99. The molecule has 0 spiro atoms. The molecule has 76 valence electrons. The van der Waals surface area contributed by atoms with E-state index >= 15 is 0 Å². The first-order valence-corrected chi connectivity index (χ1v) is 5.08. The maximum Gasteiger partial charge on any atom is 0.0743 e. The highest BCUT2D eigenvalue weighted by Crippen LogP contribution is 2.41. The number of allylic oxidation sites excluding steroid dienone is 2. The lowest BCUT2D eigenvalue weighted by molar-refractivity contribution is 0.753. The first-order chi connectivity index (χ1) is 7.27. The van der Waals surface area contributed by atoms with Gasteiger partial charge in [0, 0.05) is 11.3 Å². The van der Waals surface area contributed by atoms with Crippen LogP contribution in [0.25, 0.3) is 5.57 Å². The number of anilines is 2. The average molecular weight is 199 g/mol. The number of nitrogens with zero attached hydrogens (tertiary/aromatic N) is 1. The maximum absolute atomic E-state index is 6.07. The number of nitrogen functional groups attached to an aromatic ring is 1. The van der Waals surface area contributed by atoms with Crippen molar-refractivity contribution >= 4 is 16.9 Å². The summed E-state index contributed by atoms with van der Waals surface area (Å²) in [6.07, 6.45) is 7.32. The topological polar surface area (TPSA) is 55.3 Å². The Morgan fingerprint density at radius 3 is 3.07 bits per heavy atom. The Morgan fingerprint density at radius 1 is 1.33 bits per heavy atom. The number of fused-ring (bicyclic) bond motifs is 3. The Labute approximate surface area is 88.6 Å². The number of hydrogen-bond acceptors (Lipinski definition) is 3. The van der Waals surface area contributed by atoms with Crippen LogP contribution in [-0.4, -0.2) is 6.04 Å². The monoisotopic (exact) mass is 199 g/mol. The van der Waals surface area contributed by atoms with E-state index in [4.69, 9.17) is 11.6 Å². The minimum absolute atomic E-state index is 0.284. The molecular weight excluding hydrogens is 186 g/mol. The maximum atomic E-state index is 6.07. The third-order valence-corrected chi connectivity index (χ3v) is 3.08. The number of benzene rings is 1. The van der Waals surface area contributed by atoms with Gasteiger partial charge in [-0.1, -0.05) is 18.2 Å². The van der Waals surface area contributed by atoms with E-state index in [9.17, 15) is 0 Å². The summed E-state index contributed by atoms with van der Waals surface area (Å²) in [7, 11) is 0. The summed E-state index contributed by atoms with van der Waals surface area (Å²) in [5.74, 6) is 6.07. The second kappa shape index (κ2) is 2.87. The van der Waals surface area contributed by atoms with Crippen molar-refractivity contribution in [2.45, 2.75) is 12.5 Å². The van der Waals surface area contributed by atoms with E-state index in [1.165, 1.54) is 11.1 Å².